The SMILES string of the molecule is COCCCN=C1C=C(NCc2ccccc2O)C2=NNC(C(C)C)N2N1. The van der Waals surface area contributed by atoms with Crippen molar-refractivity contribution in [2.75, 3.05) is 20.3 Å². The topological polar surface area (TPSA) is 93.5 Å². The number of nitrogens with one attached hydrogen (secondary N) is 3. The molecule has 2 aliphatic heterocycles. The number of fused-ring (bicyclic) bond motifs is 1. The molecule has 4 N–H and O–H groups in total. The molecule has 3 rings (SSSR count). The number of nitrogens with zero attached hydrogens (tertiary/aromatic N) is 3. The van der Waals surface area contributed by atoms with E-state index in [0.29, 0.717) is 25.6 Å². The fourth-order valence-corrected chi connectivity index (χ4v) is 2.96. The standard InChI is InChI=1S/C19H28N6O2/c1-13(2)18-22-23-19-15(21-12-14-7-4-5-8-16(14)26)11-17(24-25(18)19)20-9-6-10-27-3/h4-5,7-8,11,13,18,21-22,26H,6,9-10,12H2,1-3H3,(H,20,24). The van der Waals surface area contributed by atoms with Gasteiger partial charge in [0.05, 0.1) is 5.70 Å². The summed E-state index contributed by atoms with van der Waals surface area (Å²) >= 11 is 0. The Morgan fingerprint density at radius 2 is 2.19 bits per heavy atom. The van der Waals surface area contributed by atoms with Crippen LogP contribution in [0.5, 0.6) is 5.75 Å². The van der Waals surface area contributed by atoms with Crippen molar-refractivity contribution >= 4 is 11.7 Å². The van der Waals surface area contributed by atoms with Gasteiger partial charge >= 0.3 is 0 Å². The number of aromatic hydroxyl groups is 1. The van der Waals surface area contributed by atoms with Crippen molar-refractivity contribution in [2.45, 2.75) is 33.0 Å². The number of hydrazone groups is 1. The van der Waals surface area contributed by atoms with Gasteiger partial charge in [-0.05, 0) is 18.4 Å². The molecule has 0 fully saturated rings. The van der Waals surface area contributed by atoms with Crippen LogP contribution in [0, 0.1) is 5.92 Å². The second-order valence-corrected chi connectivity index (χ2v) is 6.89. The van der Waals surface area contributed by atoms with Crippen molar-refractivity contribution in [3.05, 3.63) is 41.6 Å². The summed E-state index contributed by atoms with van der Waals surface area (Å²) in [4.78, 5) is 4.63. The molecule has 8 heteroatoms. The van der Waals surface area contributed by atoms with Crippen molar-refractivity contribution < 1.29 is 9.84 Å². The van der Waals surface area contributed by atoms with Crippen molar-refractivity contribution in [2.24, 2.45) is 16.0 Å². The Hall–Kier alpha value is -2.74. The number of aliphatic imine (C=N–C) groups is 1. The highest BCUT2D eigenvalue weighted by Crippen LogP contribution is 2.20. The predicted octanol–water partition coefficient (Wildman–Crippen LogP) is 1.52. The van der Waals surface area contributed by atoms with E-state index in [1.165, 1.54) is 0 Å². The van der Waals surface area contributed by atoms with Gasteiger partial charge in [-0.3, -0.25) is 15.8 Å². The summed E-state index contributed by atoms with van der Waals surface area (Å²) in [6, 6.07) is 7.30. The zero-order valence-electron chi connectivity index (χ0n) is 16.1. The van der Waals surface area contributed by atoms with Gasteiger partial charge in [-0.25, -0.2) is 5.01 Å². The average Bonchev–Trinajstić information content (AvgIpc) is 3.09. The largest absolute Gasteiger partial charge is 0.508 e. The van der Waals surface area contributed by atoms with Crippen LogP contribution in [0.3, 0.4) is 0 Å². The highest BCUT2D eigenvalue weighted by Gasteiger charge is 2.35. The summed E-state index contributed by atoms with van der Waals surface area (Å²) in [6.45, 7) is 6.14. The molecule has 0 saturated heterocycles. The molecule has 27 heavy (non-hydrogen) atoms. The van der Waals surface area contributed by atoms with Gasteiger partial charge in [0.1, 0.15) is 17.8 Å². The zero-order chi connectivity index (χ0) is 19.2. The van der Waals surface area contributed by atoms with Gasteiger partial charge in [0.15, 0.2) is 5.84 Å². The number of benzene rings is 1. The maximum Gasteiger partial charge on any atom is 0.192 e. The highest BCUT2D eigenvalue weighted by molar-refractivity contribution is 6.09. The Labute approximate surface area is 160 Å². The summed E-state index contributed by atoms with van der Waals surface area (Å²) in [5, 5.41) is 19.9. The Bertz CT molecular complexity index is 743. The molecule has 0 aromatic heterocycles. The van der Waals surface area contributed by atoms with Crippen molar-refractivity contribution in [3.8, 4) is 5.75 Å². The summed E-state index contributed by atoms with van der Waals surface area (Å²) in [5.41, 5.74) is 8.21. The molecular weight excluding hydrogens is 344 g/mol. The third-order valence-electron chi connectivity index (χ3n) is 4.45. The number of methoxy groups -OCH3 is 1. The summed E-state index contributed by atoms with van der Waals surface area (Å²) in [5.74, 6) is 2.20. The van der Waals surface area contributed by atoms with E-state index in [-0.39, 0.29) is 11.9 Å². The van der Waals surface area contributed by atoms with E-state index in [4.69, 9.17) is 4.74 Å². The molecule has 2 heterocycles. The summed E-state index contributed by atoms with van der Waals surface area (Å²) in [6.07, 6.45) is 2.86. The first kappa shape index (κ1) is 19.0. The van der Waals surface area contributed by atoms with Crippen LogP contribution >= 0.6 is 0 Å². The lowest BCUT2D eigenvalue weighted by Gasteiger charge is -2.34. The Morgan fingerprint density at radius 3 is 2.93 bits per heavy atom. The average molecular weight is 372 g/mol. The first-order valence-corrected chi connectivity index (χ1v) is 9.25. The highest BCUT2D eigenvalue weighted by atomic mass is 16.5. The Morgan fingerprint density at radius 1 is 1.37 bits per heavy atom. The summed E-state index contributed by atoms with van der Waals surface area (Å²) in [7, 11) is 1.69. The number of ether oxygens (including phenoxy) is 1. The van der Waals surface area contributed by atoms with Crippen LogP contribution in [0.2, 0.25) is 0 Å². The van der Waals surface area contributed by atoms with E-state index in [9.17, 15) is 5.11 Å². The number of amidine groups is 2. The van der Waals surface area contributed by atoms with E-state index in [0.717, 1.165) is 29.4 Å². The minimum absolute atomic E-state index is 0.0415. The van der Waals surface area contributed by atoms with Crippen LogP contribution in [0.15, 0.2) is 46.1 Å². The fraction of sp³-hybridized carbons (Fsp3) is 0.474. The predicted molar refractivity (Wildman–Crippen MR) is 106 cm³/mol. The molecule has 8 nitrogen and oxygen atoms in total. The maximum absolute atomic E-state index is 10.0. The third-order valence-corrected chi connectivity index (χ3v) is 4.45. The Balaban J connectivity index is 1.77. The molecule has 0 amide bonds. The van der Waals surface area contributed by atoms with Gasteiger partial charge in [-0.15, -0.1) is 0 Å². The van der Waals surface area contributed by atoms with Crippen LogP contribution in [-0.2, 0) is 11.3 Å². The molecule has 0 aliphatic carbocycles. The van der Waals surface area contributed by atoms with Crippen LogP contribution in [0.1, 0.15) is 25.8 Å². The van der Waals surface area contributed by atoms with Gasteiger partial charge in [0.2, 0.25) is 0 Å². The van der Waals surface area contributed by atoms with Gasteiger partial charge < -0.3 is 15.2 Å². The maximum atomic E-state index is 10.0. The normalized spacial score (nSPS) is 20.1. The smallest absolute Gasteiger partial charge is 0.192 e. The van der Waals surface area contributed by atoms with Crippen molar-refractivity contribution in [1.82, 2.24) is 21.2 Å². The number of hydrogen-bond donors (Lipinski definition) is 4. The first-order chi connectivity index (χ1) is 13.1. The quantitative estimate of drug-likeness (QED) is 0.517. The van der Waals surface area contributed by atoms with Crippen LogP contribution in [-0.4, -0.2) is 48.2 Å². The third kappa shape index (κ3) is 4.51. The lowest BCUT2D eigenvalue weighted by atomic mass is 10.1. The second kappa shape index (κ2) is 8.77. The van der Waals surface area contributed by atoms with E-state index >= 15 is 0 Å². The van der Waals surface area contributed by atoms with E-state index in [1.54, 1.807) is 13.2 Å². The molecule has 146 valence electrons. The number of rotatable bonds is 8. The van der Waals surface area contributed by atoms with Crippen molar-refractivity contribution in [1.29, 1.82) is 0 Å². The van der Waals surface area contributed by atoms with Gasteiger partial charge in [-0.1, -0.05) is 32.0 Å². The van der Waals surface area contributed by atoms with Crippen LogP contribution in [0.25, 0.3) is 0 Å². The molecule has 1 unspecified atom stereocenters. The summed E-state index contributed by atoms with van der Waals surface area (Å²) < 4.78 is 5.09. The van der Waals surface area contributed by atoms with Gasteiger partial charge in [0, 0.05) is 38.4 Å². The van der Waals surface area contributed by atoms with Gasteiger partial charge in [0.25, 0.3) is 0 Å². The molecule has 0 saturated carbocycles. The Kier molecular flexibility index (Phi) is 6.18. The first-order valence-electron chi connectivity index (χ1n) is 9.25. The molecule has 0 spiro atoms. The lowest BCUT2D eigenvalue weighted by Crippen LogP contribution is -2.57. The molecule has 0 radical (unpaired) electrons. The minimum atomic E-state index is 0.0415. The number of hydrogen-bond acceptors (Lipinski definition) is 7. The molecule has 2 aliphatic rings. The number of hydrazine groups is 1. The van der Waals surface area contributed by atoms with E-state index in [2.05, 4.69) is 40.1 Å². The number of phenols is 1. The lowest BCUT2D eigenvalue weighted by molar-refractivity contribution is 0.196. The van der Waals surface area contributed by atoms with Gasteiger partial charge in [-0.2, -0.15) is 5.10 Å². The number of phenolic OH excluding ortho intramolecular Hbond substituents is 1. The molecule has 0 bridgehead atoms. The monoisotopic (exact) mass is 372 g/mol. The fourth-order valence-electron chi connectivity index (χ4n) is 2.96. The molecule has 1 atom stereocenters. The zero-order valence-corrected chi connectivity index (χ0v) is 16.1. The molecular formula is C19H28N6O2. The molecule has 1 aromatic rings. The van der Waals surface area contributed by atoms with Crippen LogP contribution in [0.4, 0.5) is 0 Å². The van der Waals surface area contributed by atoms with Crippen molar-refractivity contribution in [3.63, 3.8) is 0 Å². The molecule has 1 aromatic carbocycles. The number of para-hydroxylation sites is 1. The van der Waals surface area contributed by atoms with E-state index in [1.807, 2.05) is 29.3 Å². The minimum Gasteiger partial charge on any atom is -0.508 e. The second-order valence-electron chi connectivity index (χ2n) is 6.89. The van der Waals surface area contributed by atoms with E-state index < -0.39 is 0 Å². The van der Waals surface area contributed by atoms with Crippen LogP contribution < -0.4 is 16.2 Å².